The predicted molar refractivity (Wildman–Crippen MR) is 76.6 cm³/mol. The molecule has 0 bridgehead atoms. The standard InChI is InChI=1S/C14H8ClI/c15-13-7-3-1-5-11(13)9-10-12-6-2-4-8-14(12)16/h1-8H. The largest absolute Gasteiger partial charge is 0.0830 e. The molecule has 0 aromatic heterocycles. The van der Waals surface area contributed by atoms with E-state index in [9.17, 15) is 0 Å². The van der Waals surface area contributed by atoms with Gasteiger partial charge in [0.25, 0.3) is 0 Å². The van der Waals surface area contributed by atoms with E-state index in [2.05, 4.69) is 34.4 Å². The van der Waals surface area contributed by atoms with Crippen LogP contribution in [0, 0.1) is 15.4 Å². The molecule has 2 rings (SSSR count). The molecular formula is C14H8ClI. The van der Waals surface area contributed by atoms with Crippen LogP contribution in [0.15, 0.2) is 48.5 Å². The van der Waals surface area contributed by atoms with Gasteiger partial charge in [-0.05, 0) is 46.9 Å². The van der Waals surface area contributed by atoms with E-state index >= 15 is 0 Å². The monoisotopic (exact) mass is 338 g/mol. The first kappa shape index (κ1) is 11.5. The Hall–Kier alpha value is -0.980. The van der Waals surface area contributed by atoms with E-state index in [1.54, 1.807) is 0 Å². The molecule has 78 valence electrons. The molecule has 0 aliphatic heterocycles. The summed E-state index contributed by atoms with van der Waals surface area (Å²) in [5.41, 5.74) is 1.90. The first-order chi connectivity index (χ1) is 7.77. The van der Waals surface area contributed by atoms with Gasteiger partial charge in [-0.25, -0.2) is 0 Å². The Balaban J connectivity index is 2.36. The van der Waals surface area contributed by atoms with Crippen LogP contribution in [0.1, 0.15) is 11.1 Å². The van der Waals surface area contributed by atoms with E-state index in [4.69, 9.17) is 11.6 Å². The van der Waals surface area contributed by atoms with E-state index < -0.39 is 0 Å². The zero-order valence-electron chi connectivity index (χ0n) is 8.37. The fourth-order valence-electron chi connectivity index (χ4n) is 1.26. The molecule has 16 heavy (non-hydrogen) atoms. The molecule has 0 N–H and O–H groups in total. The summed E-state index contributed by atoms with van der Waals surface area (Å²) in [6, 6.07) is 15.6. The van der Waals surface area contributed by atoms with E-state index in [0.29, 0.717) is 5.02 Å². The Morgan fingerprint density at radius 2 is 1.38 bits per heavy atom. The molecular weight excluding hydrogens is 331 g/mol. The summed E-state index contributed by atoms with van der Waals surface area (Å²) in [5, 5.41) is 0.695. The highest BCUT2D eigenvalue weighted by Gasteiger charge is 1.95. The van der Waals surface area contributed by atoms with Gasteiger partial charge >= 0.3 is 0 Å². The summed E-state index contributed by atoms with van der Waals surface area (Å²) in [7, 11) is 0. The lowest BCUT2D eigenvalue weighted by molar-refractivity contribution is 1.58. The highest BCUT2D eigenvalue weighted by atomic mass is 127. The van der Waals surface area contributed by atoms with Crippen LogP contribution in [-0.4, -0.2) is 0 Å². The summed E-state index contributed by atoms with van der Waals surface area (Å²) in [4.78, 5) is 0. The summed E-state index contributed by atoms with van der Waals surface area (Å²) < 4.78 is 1.15. The SMILES string of the molecule is Clc1ccccc1C#Cc1ccccc1I. The summed E-state index contributed by atoms with van der Waals surface area (Å²) in [6.07, 6.45) is 0. The second-order valence-electron chi connectivity index (χ2n) is 3.21. The molecule has 0 heterocycles. The first-order valence-electron chi connectivity index (χ1n) is 4.78. The van der Waals surface area contributed by atoms with Gasteiger partial charge < -0.3 is 0 Å². The van der Waals surface area contributed by atoms with Gasteiger partial charge in [-0.15, -0.1) is 0 Å². The zero-order chi connectivity index (χ0) is 11.4. The van der Waals surface area contributed by atoms with Crippen molar-refractivity contribution in [3.05, 3.63) is 68.3 Å². The molecule has 2 aromatic carbocycles. The molecule has 0 aliphatic rings. The Kier molecular flexibility index (Phi) is 3.87. The first-order valence-corrected chi connectivity index (χ1v) is 6.24. The van der Waals surface area contributed by atoms with Gasteiger partial charge in [0.15, 0.2) is 0 Å². The molecule has 2 heteroatoms. The highest BCUT2D eigenvalue weighted by molar-refractivity contribution is 14.1. The van der Waals surface area contributed by atoms with Crippen molar-refractivity contribution in [2.45, 2.75) is 0 Å². The highest BCUT2D eigenvalue weighted by Crippen LogP contribution is 2.14. The van der Waals surface area contributed by atoms with Crippen molar-refractivity contribution in [3.63, 3.8) is 0 Å². The predicted octanol–water partition coefficient (Wildman–Crippen LogP) is 4.34. The number of hydrogen-bond acceptors (Lipinski definition) is 0. The van der Waals surface area contributed by atoms with Gasteiger partial charge in [0, 0.05) is 14.7 Å². The molecule has 0 amide bonds. The fraction of sp³-hybridized carbons (Fsp3) is 0. The van der Waals surface area contributed by atoms with Gasteiger partial charge in [0.1, 0.15) is 0 Å². The van der Waals surface area contributed by atoms with Gasteiger partial charge in [-0.2, -0.15) is 0 Å². The Labute approximate surface area is 114 Å². The minimum Gasteiger partial charge on any atom is -0.0830 e. The topological polar surface area (TPSA) is 0 Å². The third kappa shape index (κ3) is 2.78. The molecule has 0 saturated heterocycles. The summed E-state index contributed by atoms with van der Waals surface area (Å²) in [6.45, 7) is 0. The van der Waals surface area contributed by atoms with Crippen molar-refractivity contribution in [1.29, 1.82) is 0 Å². The van der Waals surface area contributed by atoms with E-state index in [1.807, 2.05) is 48.5 Å². The quantitative estimate of drug-likeness (QED) is 0.495. The molecule has 0 unspecified atom stereocenters. The Bertz CT molecular complexity index is 515. The maximum Gasteiger partial charge on any atom is 0.0562 e. The number of hydrogen-bond donors (Lipinski definition) is 0. The molecule has 2 aromatic rings. The second-order valence-corrected chi connectivity index (χ2v) is 4.78. The Morgan fingerprint density at radius 1 is 0.812 bits per heavy atom. The van der Waals surface area contributed by atoms with Crippen LogP contribution in [0.4, 0.5) is 0 Å². The van der Waals surface area contributed by atoms with Crippen LogP contribution in [0.2, 0.25) is 5.02 Å². The number of halogens is 2. The lowest BCUT2D eigenvalue weighted by atomic mass is 10.2. The van der Waals surface area contributed by atoms with Gasteiger partial charge in [0.2, 0.25) is 0 Å². The lowest BCUT2D eigenvalue weighted by Gasteiger charge is -1.95. The van der Waals surface area contributed by atoms with Crippen molar-refractivity contribution < 1.29 is 0 Å². The van der Waals surface area contributed by atoms with Crippen LogP contribution < -0.4 is 0 Å². The van der Waals surface area contributed by atoms with Crippen molar-refractivity contribution in [2.24, 2.45) is 0 Å². The van der Waals surface area contributed by atoms with Crippen LogP contribution in [0.3, 0.4) is 0 Å². The van der Waals surface area contributed by atoms with Gasteiger partial charge in [-0.3, -0.25) is 0 Å². The number of benzene rings is 2. The average Bonchev–Trinajstić information content (AvgIpc) is 2.30. The van der Waals surface area contributed by atoms with Crippen molar-refractivity contribution in [3.8, 4) is 11.8 Å². The van der Waals surface area contributed by atoms with E-state index in [-0.39, 0.29) is 0 Å². The van der Waals surface area contributed by atoms with Crippen molar-refractivity contribution >= 4 is 34.2 Å². The molecule has 0 fully saturated rings. The maximum atomic E-state index is 6.03. The second kappa shape index (κ2) is 5.38. The fourth-order valence-corrected chi connectivity index (χ4v) is 1.97. The van der Waals surface area contributed by atoms with E-state index in [1.165, 1.54) is 0 Å². The molecule has 0 spiro atoms. The molecule has 0 nitrogen and oxygen atoms in total. The van der Waals surface area contributed by atoms with Crippen LogP contribution in [0.25, 0.3) is 0 Å². The molecule has 0 radical (unpaired) electrons. The maximum absolute atomic E-state index is 6.03. The molecule has 0 aliphatic carbocycles. The molecule has 0 atom stereocenters. The van der Waals surface area contributed by atoms with Crippen molar-refractivity contribution in [1.82, 2.24) is 0 Å². The zero-order valence-corrected chi connectivity index (χ0v) is 11.3. The van der Waals surface area contributed by atoms with Crippen LogP contribution in [-0.2, 0) is 0 Å². The van der Waals surface area contributed by atoms with Gasteiger partial charge in [-0.1, -0.05) is 47.7 Å². The summed E-state index contributed by atoms with van der Waals surface area (Å²) >= 11 is 8.30. The van der Waals surface area contributed by atoms with E-state index in [0.717, 1.165) is 14.7 Å². The third-order valence-electron chi connectivity index (χ3n) is 2.08. The minimum absolute atomic E-state index is 0.695. The average molecular weight is 339 g/mol. The van der Waals surface area contributed by atoms with Crippen LogP contribution >= 0.6 is 34.2 Å². The minimum atomic E-state index is 0.695. The normalized spacial score (nSPS) is 9.38. The Morgan fingerprint density at radius 3 is 2.06 bits per heavy atom. The smallest absolute Gasteiger partial charge is 0.0562 e. The third-order valence-corrected chi connectivity index (χ3v) is 3.35. The lowest BCUT2D eigenvalue weighted by Crippen LogP contribution is -1.80. The van der Waals surface area contributed by atoms with Crippen LogP contribution in [0.5, 0.6) is 0 Å². The van der Waals surface area contributed by atoms with Gasteiger partial charge in [0.05, 0.1) is 5.02 Å². The van der Waals surface area contributed by atoms with Crippen molar-refractivity contribution in [2.75, 3.05) is 0 Å². The summed E-state index contributed by atoms with van der Waals surface area (Å²) in [5.74, 6) is 6.21. The molecule has 0 saturated carbocycles. The number of rotatable bonds is 0.